The maximum Gasteiger partial charge on any atom is 0.148 e. The van der Waals surface area contributed by atoms with Crippen LogP contribution in [0.25, 0.3) is 5.65 Å². The lowest BCUT2D eigenvalue weighted by atomic mass is 10.1. The minimum Gasteiger partial charge on any atom is -0.373 e. The van der Waals surface area contributed by atoms with E-state index in [1.54, 1.807) is 17.4 Å². The lowest BCUT2D eigenvalue weighted by Gasteiger charge is -2.23. The van der Waals surface area contributed by atoms with Crippen molar-refractivity contribution in [3.63, 3.8) is 0 Å². The molecule has 1 aromatic carbocycles. The molecule has 1 aliphatic rings. The molecule has 3 heterocycles. The van der Waals surface area contributed by atoms with Gasteiger partial charge in [-0.05, 0) is 53.3 Å². The van der Waals surface area contributed by atoms with Gasteiger partial charge in [-0.25, -0.2) is 9.37 Å². The molecule has 0 fully saturated rings. The Bertz CT molecular complexity index is 1050. The van der Waals surface area contributed by atoms with Gasteiger partial charge in [-0.3, -0.25) is 14.7 Å². The number of aromatic nitrogens is 2. The van der Waals surface area contributed by atoms with E-state index in [1.807, 2.05) is 35.7 Å². The van der Waals surface area contributed by atoms with E-state index < -0.39 is 6.23 Å². The molecule has 3 aromatic rings. The SMILES string of the molecule is CCc1nc2ccc(I)cn2c1C(O)NCc1ccc(N2CCNC=N2)cc1F. The fraction of sp³-hybridized carbons (Fsp3) is 0.300. The van der Waals surface area contributed by atoms with Crippen molar-refractivity contribution in [2.75, 3.05) is 18.1 Å². The van der Waals surface area contributed by atoms with E-state index in [0.717, 1.165) is 21.5 Å². The zero-order valence-electron chi connectivity index (χ0n) is 15.9. The normalized spacial score (nSPS) is 15.0. The van der Waals surface area contributed by atoms with Crippen LogP contribution in [0.4, 0.5) is 10.1 Å². The summed E-state index contributed by atoms with van der Waals surface area (Å²) in [5, 5.41) is 22.8. The number of hydrogen-bond acceptors (Lipinski definition) is 6. The van der Waals surface area contributed by atoms with Crippen LogP contribution in [-0.4, -0.2) is 33.9 Å². The molecule has 7 nitrogen and oxygen atoms in total. The summed E-state index contributed by atoms with van der Waals surface area (Å²) < 4.78 is 17.5. The van der Waals surface area contributed by atoms with Crippen LogP contribution in [0.5, 0.6) is 0 Å². The van der Waals surface area contributed by atoms with Gasteiger partial charge in [0.05, 0.1) is 23.6 Å². The van der Waals surface area contributed by atoms with Gasteiger partial charge in [0.25, 0.3) is 0 Å². The van der Waals surface area contributed by atoms with E-state index in [1.165, 1.54) is 6.07 Å². The molecule has 3 N–H and O–H groups in total. The lowest BCUT2D eigenvalue weighted by Crippen LogP contribution is -2.34. The van der Waals surface area contributed by atoms with Gasteiger partial charge in [0.15, 0.2) is 0 Å². The van der Waals surface area contributed by atoms with Crippen molar-refractivity contribution in [2.45, 2.75) is 26.1 Å². The Balaban J connectivity index is 1.52. The third kappa shape index (κ3) is 4.21. The number of hydrogen-bond donors (Lipinski definition) is 3. The average molecular weight is 508 g/mol. The molecule has 1 atom stereocenters. The molecule has 0 aliphatic carbocycles. The van der Waals surface area contributed by atoms with Crippen LogP contribution in [0.3, 0.4) is 0 Å². The number of imidazole rings is 1. The molecule has 0 saturated carbocycles. The molecule has 0 amide bonds. The Hall–Kier alpha value is -2.24. The number of anilines is 1. The highest BCUT2D eigenvalue weighted by Crippen LogP contribution is 2.23. The number of pyridine rings is 1. The molecule has 29 heavy (non-hydrogen) atoms. The summed E-state index contributed by atoms with van der Waals surface area (Å²) in [7, 11) is 0. The number of halogens is 2. The summed E-state index contributed by atoms with van der Waals surface area (Å²) in [4.78, 5) is 4.59. The number of aliphatic hydroxyl groups excluding tert-OH is 1. The number of aryl methyl sites for hydroxylation is 1. The third-order valence-corrected chi connectivity index (χ3v) is 5.50. The Labute approximate surface area is 181 Å². The molecule has 0 spiro atoms. The van der Waals surface area contributed by atoms with Gasteiger partial charge in [0.2, 0.25) is 0 Å². The van der Waals surface area contributed by atoms with Gasteiger partial charge in [-0.2, -0.15) is 5.10 Å². The molecule has 4 rings (SSSR count). The first kappa shape index (κ1) is 20.0. The molecule has 0 radical (unpaired) electrons. The van der Waals surface area contributed by atoms with E-state index in [4.69, 9.17) is 0 Å². The fourth-order valence-electron chi connectivity index (χ4n) is 3.38. The standard InChI is InChI=1S/C20H22FIN6O/c1-2-17-19(27-11-14(22)4-6-18(27)26-17)20(29)24-10-13-3-5-15(9-16(13)21)28-8-7-23-12-25-28/h3-6,9,11-12,20,24,29H,2,7-8,10H2,1H3,(H,23,25). The molecule has 9 heteroatoms. The highest BCUT2D eigenvalue weighted by Gasteiger charge is 2.19. The third-order valence-electron chi connectivity index (χ3n) is 4.87. The number of benzene rings is 1. The molecule has 1 unspecified atom stereocenters. The lowest BCUT2D eigenvalue weighted by molar-refractivity contribution is 0.130. The van der Waals surface area contributed by atoms with Crippen LogP contribution in [0.2, 0.25) is 0 Å². The maximum atomic E-state index is 14.6. The zero-order valence-corrected chi connectivity index (χ0v) is 18.1. The summed E-state index contributed by atoms with van der Waals surface area (Å²) in [5.74, 6) is -0.334. The molecule has 0 saturated heterocycles. The molecule has 152 valence electrons. The van der Waals surface area contributed by atoms with Gasteiger partial charge < -0.3 is 10.4 Å². The van der Waals surface area contributed by atoms with Crippen LogP contribution in [0.15, 0.2) is 41.6 Å². The predicted octanol–water partition coefficient (Wildman–Crippen LogP) is 2.77. The van der Waals surface area contributed by atoms with Gasteiger partial charge in [0, 0.05) is 28.4 Å². The quantitative estimate of drug-likeness (QED) is 0.353. The minimum absolute atomic E-state index is 0.193. The molecular weight excluding hydrogens is 486 g/mol. The Morgan fingerprint density at radius 3 is 2.93 bits per heavy atom. The number of fused-ring (bicyclic) bond motifs is 1. The number of nitrogens with one attached hydrogen (secondary N) is 2. The van der Waals surface area contributed by atoms with Crippen molar-refractivity contribution < 1.29 is 9.50 Å². The van der Waals surface area contributed by atoms with Crippen molar-refractivity contribution in [3.8, 4) is 0 Å². The molecular formula is C20H22FIN6O. The first-order valence-electron chi connectivity index (χ1n) is 9.46. The second-order valence-electron chi connectivity index (χ2n) is 6.75. The van der Waals surface area contributed by atoms with Crippen LogP contribution < -0.4 is 15.6 Å². The van der Waals surface area contributed by atoms with E-state index >= 15 is 0 Å². The summed E-state index contributed by atoms with van der Waals surface area (Å²) in [6, 6.07) is 8.93. The number of hydrazone groups is 1. The first-order valence-corrected chi connectivity index (χ1v) is 10.5. The Morgan fingerprint density at radius 2 is 2.21 bits per heavy atom. The first-order chi connectivity index (χ1) is 14.1. The monoisotopic (exact) mass is 508 g/mol. The van der Waals surface area contributed by atoms with Gasteiger partial charge >= 0.3 is 0 Å². The second-order valence-corrected chi connectivity index (χ2v) is 8.00. The second kappa shape index (κ2) is 8.64. The van der Waals surface area contributed by atoms with Crippen molar-refractivity contribution in [1.82, 2.24) is 20.0 Å². The van der Waals surface area contributed by atoms with Crippen molar-refractivity contribution in [1.29, 1.82) is 0 Å². The zero-order chi connectivity index (χ0) is 20.4. The number of nitrogens with zero attached hydrogens (tertiary/aromatic N) is 4. The Kier molecular flexibility index (Phi) is 5.97. The number of rotatable bonds is 6. The van der Waals surface area contributed by atoms with E-state index in [-0.39, 0.29) is 12.4 Å². The fourth-order valence-corrected chi connectivity index (χ4v) is 3.84. The van der Waals surface area contributed by atoms with Crippen LogP contribution in [0, 0.1) is 9.39 Å². The summed E-state index contributed by atoms with van der Waals surface area (Å²) in [5.41, 5.74) is 3.47. The Morgan fingerprint density at radius 1 is 1.34 bits per heavy atom. The smallest absolute Gasteiger partial charge is 0.148 e. The molecule has 2 aromatic heterocycles. The van der Waals surface area contributed by atoms with Crippen molar-refractivity contribution >= 4 is 40.3 Å². The average Bonchev–Trinajstić information content (AvgIpc) is 3.11. The van der Waals surface area contributed by atoms with Crippen molar-refractivity contribution in [2.24, 2.45) is 5.10 Å². The van der Waals surface area contributed by atoms with Crippen LogP contribution in [-0.2, 0) is 13.0 Å². The molecule has 0 bridgehead atoms. The van der Waals surface area contributed by atoms with E-state index in [9.17, 15) is 9.50 Å². The van der Waals surface area contributed by atoms with Crippen LogP contribution in [0.1, 0.15) is 30.1 Å². The predicted molar refractivity (Wildman–Crippen MR) is 119 cm³/mol. The van der Waals surface area contributed by atoms with Crippen LogP contribution >= 0.6 is 22.6 Å². The number of aliphatic hydroxyl groups is 1. The highest BCUT2D eigenvalue weighted by molar-refractivity contribution is 14.1. The minimum atomic E-state index is -0.963. The van der Waals surface area contributed by atoms with E-state index in [2.05, 4.69) is 43.3 Å². The van der Waals surface area contributed by atoms with Gasteiger partial charge in [-0.1, -0.05) is 13.0 Å². The van der Waals surface area contributed by atoms with Gasteiger partial charge in [0.1, 0.15) is 24.0 Å². The van der Waals surface area contributed by atoms with Crippen molar-refractivity contribution in [3.05, 3.63) is 62.9 Å². The summed E-state index contributed by atoms with van der Waals surface area (Å²) in [6.07, 6.45) is 3.27. The van der Waals surface area contributed by atoms with Gasteiger partial charge in [-0.15, -0.1) is 0 Å². The highest BCUT2D eigenvalue weighted by atomic mass is 127. The topological polar surface area (TPSA) is 77.2 Å². The summed E-state index contributed by atoms with van der Waals surface area (Å²) in [6.45, 7) is 3.64. The maximum absolute atomic E-state index is 14.6. The summed E-state index contributed by atoms with van der Waals surface area (Å²) >= 11 is 2.23. The molecule has 1 aliphatic heterocycles. The largest absolute Gasteiger partial charge is 0.373 e. The van der Waals surface area contributed by atoms with E-state index in [0.29, 0.717) is 29.9 Å².